The van der Waals surface area contributed by atoms with Gasteiger partial charge < -0.3 is 24.7 Å². The second kappa shape index (κ2) is 9.36. The van der Waals surface area contributed by atoms with Gasteiger partial charge >= 0.3 is 0 Å². The van der Waals surface area contributed by atoms with E-state index in [1.54, 1.807) is 36.4 Å². The first-order valence-electron chi connectivity index (χ1n) is 10.0. The van der Waals surface area contributed by atoms with Crippen LogP contribution in [0.15, 0.2) is 42.5 Å². The molecule has 0 radical (unpaired) electrons. The van der Waals surface area contributed by atoms with Crippen molar-refractivity contribution in [3.63, 3.8) is 0 Å². The van der Waals surface area contributed by atoms with Gasteiger partial charge in [-0.05, 0) is 43.2 Å². The lowest BCUT2D eigenvalue weighted by molar-refractivity contribution is -0.130. The summed E-state index contributed by atoms with van der Waals surface area (Å²) in [6.07, 6.45) is 1.28. The highest BCUT2D eigenvalue weighted by molar-refractivity contribution is 6.32. The molecule has 3 aromatic rings. The Morgan fingerprint density at radius 2 is 2.13 bits per heavy atom. The number of rotatable bonds is 7. The van der Waals surface area contributed by atoms with Crippen molar-refractivity contribution in [2.24, 2.45) is 7.05 Å². The molecule has 1 atom stereocenters. The van der Waals surface area contributed by atoms with E-state index in [0.29, 0.717) is 41.0 Å². The van der Waals surface area contributed by atoms with Gasteiger partial charge in [0.1, 0.15) is 17.7 Å². The van der Waals surface area contributed by atoms with Crippen LogP contribution in [-0.4, -0.2) is 40.7 Å². The van der Waals surface area contributed by atoms with E-state index < -0.39 is 0 Å². The standard InChI is InChI=1S/C22H23ClN4O4/c1-27-17-9-8-14(25-21(28)13-31-18-6-3-2-5-15(18)23)11-16(17)26-20(27)12-24-22(29)19-7-4-10-30-19/h2-3,5-6,8-9,11,19H,4,7,10,12-13H2,1H3,(H,24,29)(H,25,28)/t19-/m0/s1. The van der Waals surface area contributed by atoms with Gasteiger partial charge in [0.2, 0.25) is 5.91 Å². The monoisotopic (exact) mass is 442 g/mol. The summed E-state index contributed by atoms with van der Waals surface area (Å²) in [5.74, 6) is 0.747. The summed E-state index contributed by atoms with van der Waals surface area (Å²) in [5, 5.41) is 6.13. The molecule has 2 amide bonds. The molecular weight excluding hydrogens is 420 g/mol. The van der Waals surface area contributed by atoms with Crippen LogP contribution in [0.25, 0.3) is 11.0 Å². The van der Waals surface area contributed by atoms with E-state index in [0.717, 1.165) is 18.4 Å². The maximum Gasteiger partial charge on any atom is 0.262 e. The predicted molar refractivity (Wildman–Crippen MR) is 117 cm³/mol. The minimum absolute atomic E-state index is 0.115. The highest BCUT2D eigenvalue weighted by Gasteiger charge is 2.23. The molecule has 1 saturated heterocycles. The number of amides is 2. The summed E-state index contributed by atoms with van der Waals surface area (Å²) in [4.78, 5) is 29.0. The number of para-hydroxylation sites is 1. The zero-order chi connectivity index (χ0) is 21.8. The van der Waals surface area contributed by atoms with Crippen LogP contribution in [0.3, 0.4) is 0 Å². The van der Waals surface area contributed by atoms with Gasteiger partial charge in [0.05, 0.1) is 22.6 Å². The third kappa shape index (κ3) is 4.98. The Balaban J connectivity index is 1.37. The molecule has 8 nitrogen and oxygen atoms in total. The third-order valence-electron chi connectivity index (χ3n) is 5.10. The lowest BCUT2D eigenvalue weighted by Gasteiger charge is -2.10. The van der Waals surface area contributed by atoms with E-state index >= 15 is 0 Å². The SMILES string of the molecule is Cn1c(CNC(=O)[C@@H]2CCCO2)nc2cc(NC(=O)COc3ccccc3Cl)ccc21. The molecule has 0 spiro atoms. The average Bonchev–Trinajstić information content (AvgIpc) is 3.40. The smallest absolute Gasteiger partial charge is 0.262 e. The number of anilines is 1. The second-order valence-electron chi connectivity index (χ2n) is 7.28. The Kier molecular flexibility index (Phi) is 6.39. The normalized spacial score (nSPS) is 15.7. The highest BCUT2D eigenvalue weighted by atomic mass is 35.5. The molecule has 4 rings (SSSR count). The molecule has 1 aromatic heterocycles. The van der Waals surface area contributed by atoms with Crippen LogP contribution in [0.5, 0.6) is 5.75 Å². The number of benzene rings is 2. The molecule has 1 aliphatic rings. The van der Waals surface area contributed by atoms with E-state index in [1.165, 1.54) is 0 Å². The van der Waals surface area contributed by atoms with E-state index in [9.17, 15) is 9.59 Å². The summed E-state index contributed by atoms with van der Waals surface area (Å²) in [6, 6.07) is 12.4. The summed E-state index contributed by atoms with van der Waals surface area (Å²) >= 11 is 6.03. The van der Waals surface area contributed by atoms with Crippen LogP contribution in [0.1, 0.15) is 18.7 Å². The number of fused-ring (bicyclic) bond motifs is 1. The fraction of sp³-hybridized carbons (Fsp3) is 0.318. The van der Waals surface area contributed by atoms with Crippen LogP contribution < -0.4 is 15.4 Å². The molecule has 31 heavy (non-hydrogen) atoms. The average molecular weight is 443 g/mol. The van der Waals surface area contributed by atoms with Crippen LogP contribution in [0.4, 0.5) is 5.69 Å². The van der Waals surface area contributed by atoms with E-state index in [2.05, 4.69) is 15.6 Å². The van der Waals surface area contributed by atoms with Gasteiger partial charge in [-0.2, -0.15) is 0 Å². The van der Waals surface area contributed by atoms with Crippen molar-refractivity contribution in [2.45, 2.75) is 25.5 Å². The van der Waals surface area contributed by atoms with Gasteiger partial charge in [-0.15, -0.1) is 0 Å². The van der Waals surface area contributed by atoms with Crippen LogP contribution >= 0.6 is 11.6 Å². The Hall–Kier alpha value is -3.10. The number of ether oxygens (including phenoxy) is 2. The van der Waals surface area contributed by atoms with Crippen LogP contribution in [-0.2, 0) is 27.9 Å². The minimum atomic E-state index is -0.371. The Labute approximate surface area is 184 Å². The molecule has 9 heteroatoms. The topological polar surface area (TPSA) is 94.5 Å². The van der Waals surface area contributed by atoms with Crippen molar-refractivity contribution in [3.05, 3.63) is 53.3 Å². The van der Waals surface area contributed by atoms with Crippen LogP contribution in [0.2, 0.25) is 5.02 Å². The Morgan fingerprint density at radius 3 is 2.90 bits per heavy atom. The fourth-order valence-electron chi connectivity index (χ4n) is 3.45. The minimum Gasteiger partial charge on any atom is -0.482 e. The van der Waals surface area contributed by atoms with E-state index in [4.69, 9.17) is 21.1 Å². The van der Waals surface area contributed by atoms with Crippen molar-refractivity contribution in [2.75, 3.05) is 18.5 Å². The number of halogens is 1. The zero-order valence-corrected chi connectivity index (χ0v) is 17.8. The number of aromatic nitrogens is 2. The highest BCUT2D eigenvalue weighted by Crippen LogP contribution is 2.23. The molecule has 0 aliphatic carbocycles. The first-order valence-corrected chi connectivity index (χ1v) is 10.4. The summed E-state index contributed by atoms with van der Waals surface area (Å²) in [7, 11) is 1.89. The maximum atomic E-state index is 12.2. The summed E-state index contributed by atoms with van der Waals surface area (Å²) in [5.41, 5.74) is 2.22. The molecule has 0 unspecified atom stereocenters. The molecule has 0 saturated carbocycles. The van der Waals surface area contributed by atoms with Crippen molar-refractivity contribution < 1.29 is 19.1 Å². The molecular formula is C22H23ClN4O4. The molecule has 162 valence electrons. The first-order chi connectivity index (χ1) is 15.0. The lowest BCUT2D eigenvalue weighted by Crippen LogP contribution is -2.34. The van der Waals surface area contributed by atoms with Gasteiger partial charge in [0.25, 0.3) is 5.91 Å². The van der Waals surface area contributed by atoms with Gasteiger partial charge in [-0.3, -0.25) is 9.59 Å². The predicted octanol–water partition coefficient (Wildman–Crippen LogP) is 3.04. The molecule has 1 aliphatic heterocycles. The molecule has 2 N–H and O–H groups in total. The third-order valence-corrected chi connectivity index (χ3v) is 5.41. The second-order valence-corrected chi connectivity index (χ2v) is 7.68. The number of nitrogens with zero attached hydrogens (tertiary/aromatic N) is 2. The van der Waals surface area contributed by atoms with E-state index in [-0.39, 0.29) is 24.5 Å². The Bertz CT molecular complexity index is 1110. The quantitative estimate of drug-likeness (QED) is 0.586. The Morgan fingerprint density at radius 1 is 1.29 bits per heavy atom. The zero-order valence-electron chi connectivity index (χ0n) is 17.1. The fourth-order valence-corrected chi connectivity index (χ4v) is 3.64. The van der Waals surface area contributed by atoms with Crippen molar-refractivity contribution >= 4 is 40.1 Å². The van der Waals surface area contributed by atoms with Crippen molar-refractivity contribution in [1.82, 2.24) is 14.9 Å². The van der Waals surface area contributed by atoms with Crippen molar-refractivity contribution in [3.8, 4) is 5.75 Å². The van der Waals surface area contributed by atoms with Gasteiger partial charge in [-0.1, -0.05) is 23.7 Å². The summed E-state index contributed by atoms with van der Waals surface area (Å²) in [6.45, 7) is 0.768. The number of carbonyl (C=O) groups excluding carboxylic acids is 2. The lowest BCUT2D eigenvalue weighted by atomic mass is 10.2. The van der Waals surface area contributed by atoms with Gasteiger partial charge in [0.15, 0.2) is 6.61 Å². The number of nitrogens with one attached hydrogen (secondary N) is 2. The van der Waals surface area contributed by atoms with Gasteiger partial charge in [0, 0.05) is 19.3 Å². The number of carbonyl (C=O) groups is 2. The molecule has 2 heterocycles. The molecule has 2 aromatic carbocycles. The van der Waals surface area contributed by atoms with Crippen molar-refractivity contribution in [1.29, 1.82) is 0 Å². The first kappa shape index (κ1) is 21.1. The largest absolute Gasteiger partial charge is 0.482 e. The number of hydrogen-bond acceptors (Lipinski definition) is 5. The molecule has 1 fully saturated rings. The number of aryl methyl sites for hydroxylation is 1. The maximum absolute atomic E-state index is 12.2. The molecule has 0 bridgehead atoms. The van der Waals surface area contributed by atoms with Crippen LogP contribution in [0, 0.1) is 0 Å². The van der Waals surface area contributed by atoms with Gasteiger partial charge in [-0.25, -0.2) is 4.98 Å². The summed E-state index contributed by atoms with van der Waals surface area (Å²) < 4.78 is 12.8. The number of hydrogen-bond donors (Lipinski definition) is 2. The number of imidazole rings is 1. The van der Waals surface area contributed by atoms with E-state index in [1.807, 2.05) is 17.7 Å².